The maximum Gasteiger partial charge on any atom is 0.408 e. The fourth-order valence-electron chi connectivity index (χ4n) is 1.26. The fourth-order valence-corrected chi connectivity index (χ4v) is 1.26. The smallest absolute Gasteiger partial charge is 0.408 e. The van der Waals surface area contributed by atoms with Gasteiger partial charge in [0.15, 0.2) is 0 Å². The summed E-state index contributed by atoms with van der Waals surface area (Å²) in [5.74, 6) is -0.317. The SMILES string of the molecule is [CH2]c1ccc(NC(=O)CNC(=O)OC(C)(C)C)cc1. The fraction of sp³-hybridized carbons (Fsp3) is 0.357. The molecule has 0 heterocycles. The quantitative estimate of drug-likeness (QED) is 0.879. The zero-order valence-electron chi connectivity index (χ0n) is 11.4. The van der Waals surface area contributed by atoms with Gasteiger partial charge in [-0.05, 0) is 45.4 Å². The predicted molar refractivity (Wildman–Crippen MR) is 73.8 cm³/mol. The van der Waals surface area contributed by atoms with Crippen molar-refractivity contribution >= 4 is 17.7 Å². The number of hydrogen-bond acceptors (Lipinski definition) is 3. The molecule has 0 spiro atoms. The highest BCUT2D eigenvalue weighted by molar-refractivity contribution is 5.93. The second kappa shape index (κ2) is 6.22. The van der Waals surface area contributed by atoms with Gasteiger partial charge in [0.1, 0.15) is 12.1 Å². The zero-order chi connectivity index (χ0) is 14.5. The first-order valence-corrected chi connectivity index (χ1v) is 5.95. The van der Waals surface area contributed by atoms with Crippen LogP contribution in [0.3, 0.4) is 0 Å². The summed E-state index contributed by atoms with van der Waals surface area (Å²) in [7, 11) is 0. The lowest BCUT2D eigenvalue weighted by Crippen LogP contribution is -2.37. The summed E-state index contributed by atoms with van der Waals surface area (Å²) in [6.07, 6.45) is -0.615. The lowest BCUT2D eigenvalue weighted by atomic mass is 10.2. The molecule has 0 aromatic heterocycles. The Morgan fingerprint density at radius 3 is 2.32 bits per heavy atom. The molecule has 1 aromatic rings. The normalized spacial score (nSPS) is 10.7. The minimum absolute atomic E-state index is 0.138. The van der Waals surface area contributed by atoms with Crippen molar-refractivity contribution in [1.82, 2.24) is 5.32 Å². The average molecular weight is 263 g/mol. The van der Waals surface area contributed by atoms with Crippen LogP contribution in [0.4, 0.5) is 10.5 Å². The molecular formula is C14H19N2O3. The van der Waals surface area contributed by atoms with Gasteiger partial charge in [-0.2, -0.15) is 0 Å². The Bertz CT molecular complexity index is 447. The first-order chi connectivity index (χ1) is 8.76. The summed E-state index contributed by atoms with van der Waals surface area (Å²) in [6.45, 7) is 8.88. The lowest BCUT2D eigenvalue weighted by molar-refractivity contribution is -0.115. The molecule has 0 fully saturated rings. The maximum absolute atomic E-state index is 11.6. The highest BCUT2D eigenvalue weighted by atomic mass is 16.6. The minimum Gasteiger partial charge on any atom is -0.444 e. The lowest BCUT2D eigenvalue weighted by Gasteiger charge is -2.19. The Morgan fingerprint density at radius 1 is 1.21 bits per heavy atom. The van der Waals surface area contributed by atoms with Gasteiger partial charge in [0.05, 0.1) is 0 Å². The summed E-state index contributed by atoms with van der Waals surface area (Å²) in [5.41, 5.74) is 0.943. The van der Waals surface area contributed by atoms with E-state index in [1.165, 1.54) is 0 Å². The summed E-state index contributed by atoms with van der Waals surface area (Å²) < 4.78 is 5.02. The van der Waals surface area contributed by atoms with Crippen LogP contribution in [0.5, 0.6) is 0 Å². The van der Waals surface area contributed by atoms with Gasteiger partial charge >= 0.3 is 6.09 Å². The first kappa shape index (κ1) is 15.0. The van der Waals surface area contributed by atoms with Gasteiger partial charge < -0.3 is 15.4 Å². The molecule has 1 rings (SSSR count). The van der Waals surface area contributed by atoms with Crippen molar-refractivity contribution in [3.8, 4) is 0 Å². The average Bonchev–Trinajstić information content (AvgIpc) is 2.27. The van der Waals surface area contributed by atoms with Crippen molar-refractivity contribution in [3.63, 3.8) is 0 Å². The van der Waals surface area contributed by atoms with E-state index in [0.29, 0.717) is 5.69 Å². The molecule has 2 N–H and O–H groups in total. The molecule has 5 nitrogen and oxygen atoms in total. The van der Waals surface area contributed by atoms with Crippen molar-refractivity contribution in [3.05, 3.63) is 36.8 Å². The predicted octanol–water partition coefficient (Wildman–Crippen LogP) is 2.33. The highest BCUT2D eigenvalue weighted by Crippen LogP contribution is 2.08. The number of alkyl carbamates (subject to hydrolysis) is 1. The Hall–Kier alpha value is -2.04. The zero-order valence-corrected chi connectivity index (χ0v) is 11.4. The van der Waals surface area contributed by atoms with E-state index in [1.54, 1.807) is 45.0 Å². The maximum atomic E-state index is 11.6. The van der Waals surface area contributed by atoms with E-state index in [4.69, 9.17) is 4.74 Å². The molecule has 0 saturated carbocycles. The number of carbonyl (C=O) groups is 2. The number of benzene rings is 1. The van der Waals surface area contributed by atoms with E-state index in [-0.39, 0.29) is 12.5 Å². The molecule has 0 aliphatic heterocycles. The topological polar surface area (TPSA) is 67.4 Å². The molecule has 2 amide bonds. The second-order valence-electron chi connectivity index (χ2n) is 5.10. The number of hydrogen-bond donors (Lipinski definition) is 2. The largest absolute Gasteiger partial charge is 0.444 e. The number of ether oxygens (including phenoxy) is 1. The van der Waals surface area contributed by atoms with E-state index < -0.39 is 11.7 Å². The second-order valence-corrected chi connectivity index (χ2v) is 5.10. The van der Waals surface area contributed by atoms with Gasteiger partial charge in [-0.1, -0.05) is 12.1 Å². The molecule has 103 valence electrons. The molecule has 0 atom stereocenters. The van der Waals surface area contributed by atoms with Crippen molar-refractivity contribution in [2.75, 3.05) is 11.9 Å². The standard InChI is InChI=1S/C14H19N2O3/c1-10-5-7-11(8-6-10)16-12(17)9-15-13(18)19-14(2,3)4/h5-8H,1,9H2,2-4H3,(H,15,18)(H,16,17). The van der Waals surface area contributed by atoms with E-state index in [0.717, 1.165) is 5.56 Å². The molecule has 0 unspecified atom stereocenters. The number of nitrogens with one attached hydrogen (secondary N) is 2. The van der Waals surface area contributed by atoms with Crippen LogP contribution in [-0.4, -0.2) is 24.1 Å². The summed E-state index contributed by atoms with van der Waals surface area (Å²) in [6, 6.07) is 7.06. The van der Waals surface area contributed by atoms with Gasteiger partial charge in [0.25, 0.3) is 0 Å². The Morgan fingerprint density at radius 2 is 1.79 bits per heavy atom. The van der Waals surface area contributed by atoms with Crippen LogP contribution >= 0.6 is 0 Å². The van der Waals surface area contributed by atoms with Crippen LogP contribution in [0.2, 0.25) is 0 Å². The minimum atomic E-state index is -0.615. The summed E-state index contributed by atoms with van der Waals surface area (Å²) >= 11 is 0. The Labute approximate surface area is 113 Å². The van der Waals surface area contributed by atoms with E-state index in [9.17, 15) is 9.59 Å². The molecule has 0 aliphatic carbocycles. The van der Waals surface area contributed by atoms with Crippen LogP contribution in [0, 0.1) is 6.92 Å². The van der Waals surface area contributed by atoms with Crippen LogP contribution in [0.15, 0.2) is 24.3 Å². The van der Waals surface area contributed by atoms with Crippen LogP contribution < -0.4 is 10.6 Å². The number of rotatable bonds is 3. The third-order valence-electron chi connectivity index (χ3n) is 2.03. The monoisotopic (exact) mass is 263 g/mol. The van der Waals surface area contributed by atoms with Crippen LogP contribution in [-0.2, 0) is 9.53 Å². The number of amides is 2. The summed E-state index contributed by atoms with van der Waals surface area (Å²) in [5, 5.41) is 5.04. The van der Waals surface area contributed by atoms with Gasteiger partial charge in [0, 0.05) is 5.69 Å². The van der Waals surface area contributed by atoms with Gasteiger partial charge in [0.2, 0.25) is 5.91 Å². The molecular weight excluding hydrogens is 244 g/mol. The molecule has 5 heteroatoms. The number of carbonyl (C=O) groups excluding carboxylic acids is 2. The van der Waals surface area contributed by atoms with Crippen molar-refractivity contribution in [1.29, 1.82) is 0 Å². The van der Waals surface area contributed by atoms with Crippen molar-refractivity contribution in [2.45, 2.75) is 26.4 Å². The number of anilines is 1. The summed E-state index contributed by atoms with van der Waals surface area (Å²) in [4.78, 5) is 22.9. The van der Waals surface area contributed by atoms with E-state index in [1.807, 2.05) is 0 Å². The van der Waals surface area contributed by atoms with Gasteiger partial charge in [-0.15, -0.1) is 0 Å². The Balaban J connectivity index is 2.36. The first-order valence-electron chi connectivity index (χ1n) is 5.95. The van der Waals surface area contributed by atoms with Gasteiger partial charge in [-0.3, -0.25) is 4.79 Å². The third-order valence-corrected chi connectivity index (χ3v) is 2.03. The van der Waals surface area contributed by atoms with Crippen LogP contribution in [0.1, 0.15) is 26.3 Å². The highest BCUT2D eigenvalue weighted by Gasteiger charge is 2.16. The molecule has 0 aliphatic rings. The third kappa shape index (κ3) is 6.45. The van der Waals surface area contributed by atoms with Gasteiger partial charge in [-0.25, -0.2) is 4.79 Å². The van der Waals surface area contributed by atoms with Crippen LogP contribution in [0.25, 0.3) is 0 Å². The van der Waals surface area contributed by atoms with E-state index >= 15 is 0 Å². The molecule has 1 aromatic carbocycles. The van der Waals surface area contributed by atoms with Crippen molar-refractivity contribution < 1.29 is 14.3 Å². The van der Waals surface area contributed by atoms with Crippen molar-refractivity contribution in [2.24, 2.45) is 0 Å². The van der Waals surface area contributed by atoms with E-state index in [2.05, 4.69) is 17.6 Å². The Kier molecular flexibility index (Phi) is 4.92. The molecule has 19 heavy (non-hydrogen) atoms. The molecule has 1 radical (unpaired) electrons. The molecule has 0 bridgehead atoms. The molecule has 0 saturated heterocycles.